The molecule has 1 atom stereocenters. The summed E-state index contributed by atoms with van der Waals surface area (Å²) in [7, 11) is 0. The molecule has 0 bridgehead atoms. The van der Waals surface area contributed by atoms with Gasteiger partial charge in [-0.1, -0.05) is 23.7 Å². The standard InChI is InChI=1S/C24H21ClFN5O2/c1-15-13-27-9-6-20(15)29-24-28-14-19(26)23(30-24)17-7-10-31(22(33)12-17)21(8-11-32)16-2-4-18(25)5-3-16/h2-7,9-10,12-14,21,32H,8,11H2,1H3,(H,27,28,29,30)/t21-/m1/s1. The lowest BCUT2D eigenvalue weighted by atomic mass is 10.0. The number of aromatic nitrogens is 4. The zero-order chi connectivity index (χ0) is 23.4. The number of aryl methyl sites for hydroxylation is 1. The first-order chi connectivity index (χ1) is 16.0. The molecule has 3 aromatic heterocycles. The van der Waals surface area contributed by atoms with Crippen LogP contribution in [0.25, 0.3) is 11.3 Å². The molecule has 0 fully saturated rings. The SMILES string of the molecule is Cc1cnccc1Nc1ncc(F)c(-c2ccn([C@H](CCO)c3ccc(Cl)cc3)c(=O)c2)n1. The molecule has 168 valence electrons. The van der Waals surface area contributed by atoms with Crippen molar-refractivity contribution in [2.75, 3.05) is 11.9 Å². The highest BCUT2D eigenvalue weighted by atomic mass is 35.5. The lowest BCUT2D eigenvalue weighted by Gasteiger charge is -2.20. The molecule has 0 unspecified atom stereocenters. The number of nitrogens with zero attached hydrogens (tertiary/aromatic N) is 4. The van der Waals surface area contributed by atoms with E-state index in [1.165, 1.54) is 10.6 Å². The maximum absolute atomic E-state index is 14.6. The molecule has 0 aliphatic rings. The number of aliphatic hydroxyl groups excluding tert-OH is 1. The van der Waals surface area contributed by atoms with Crippen LogP contribution < -0.4 is 10.9 Å². The van der Waals surface area contributed by atoms with Gasteiger partial charge < -0.3 is 15.0 Å². The highest BCUT2D eigenvalue weighted by Gasteiger charge is 2.17. The Morgan fingerprint density at radius 2 is 1.97 bits per heavy atom. The highest BCUT2D eigenvalue weighted by Crippen LogP contribution is 2.25. The molecule has 4 rings (SSSR count). The number of hydrogen-bond donors (Lipinski definition) is 2. The van der Waals surface area contributed by atoms with Gasteiger partial charge in [0, 0.05) is 47.5 Å². The van der Waals surface area contributed by atoms with Crippen LogP contribution >= 0.6 is 11.6 Å². The van der Waals surface area contributed by atoms with Crippen LogP contribution in [-0.4, -0.2) is 31.2 Å². The van der Waals surface area contributed by atoms with Gasteiger partial charge in [-0.25, -0.2) is 14.4 Å². The smallest absolute Gasteiger partial charge is 0.251 e. The summed E-state index contributed by atoms with van der Waals surface area (Å²) >= 11 is 5.97. The topological polar surface area (TPSA) is 92.9 Å². The van der Waals surface area contributed by atoms with E-state index < -0.39 is 11.9 Å². The highest BCUT2D eigenvalue weighted by molar-refractivity contribution is 6.30. The Bertz CT molecular complexity index is 1330. The van der Waals surface area contributed by atoms with E-state index in [2.05, 4.69) is 20.3 Å². The number of rotatable bonds is 7. The Labute approximate surface area is 194 Å². The minimum atomic E-state index is -0.645. The molecule has 7 nitrogen and oxygen atoms in total. The van der Waals surface area contributed by atoms with E-state index >= 15 is 0 Å². The molecule has 0 aliphatic heterocycles. The number of pyridine rings is 2. The van der Waals surface area contributed by atoms with Crippen LogP contribution in [0, 0.1) is 12.7 Å². The van der Waals surface area contributed by atoms with Crippen molar-refractivity contribution in [3.05, 3.63) is 99.6 Å². The fourth-order valence-electron chi connectivity index (χ4n) is 3.53. The van der Waals surface area contributed by atoms with E-state index in [1.807, 2.05) is 19.1 Å². The molecule has 0 saturated carbocycles. The fraction of sp³-hybridized carbons (Fsp3) is 0.167. The Balaban J connectivity index is 1.68. The number of hydrogen-bond acceptors (Lipinski definition) is 6. The summed E-state index contributed by atoms with van der Waals surface area (Å²) in [6, 6.07) is 11.4. The molecule has 4 aromatic rings. The maximum Gasteiger partial charge on any atom is 0.251 e. The molecular formula is C24H21ClFN5O2. The number of nitrogens with one attached hydrogen (secondary N) is 1. The van der Waals surface area contributed by atoms with Gasteiger partial charge in [0.05, 0.1) is 12.2 Å². The summed E-state index contributed by atoms with van der Waals surface area (Å²) in [6.07, 6.45) is 6.30. The van der Waals surface area contributed by atoms with E-state index in [9.17, 15) is 14.3 Å². The summed E-state index contributed by atoms with van der Waals surface area (Å²) in [5, 5.41) is 13.2. The minimum absolute atomic E-state index is 0.00802. The first-order valence-corrected chi connectivity index (χ1v) is 10.6. The van der Waals surface area contributed by atoms with E-state index in [4.69, 9.17) is 11.6 Å². The summed E-state index contributed by atoms with van der Waals surface area (Å²) in [6.45, 7) is 1.77. The third kappa shape index (κ3) is 5.08. The second kappa shape index (κ2) is 9.89. The second-order valence-electron chi connectivity index (χ2n) is 7.45. The molecule has 9 heteroatoms. The number of benzene rings is 1. The number of halogens is 2. The predicted octanol–water partition coefficient (Wildman–Crippen LogP) is 4.52. The Morgan fingerprint density at radius 1 is 1.18 bits per heavy atom. The van der Waals surface area contributed by atoms with Crippen molar-refractivity contribution >= 4 is 23.2 Å². The van der Waals surface area contributed by atoms with Gasteiger partial charge in [-0.2, -0.15) is 0 Å². The van der Waals surface area contributed by atoms with Gasteiger partial charge in [-0.15, -0.1) is 0 Å². The van der Waals surface area contributed by atoms with E-state index in [-0.39, 0.29) is 23.8 Å². The van der Waals surface area contributed by atoms with Crippen LogP contribution in [0.3, 0.4) is 0 Å². The molecule has 0 amide bonds. The summed E-state index contributed by atoms with van der Waals surface area (Å²) in [5.74, 6) is -0.446. The Hall–Kier alpha value is -3.62. The van der Waals surface area contributed by atoms with Gasteiger partial charge in [0.1, 0.15) is 5.69 Å². The molecule has 0 saturated heterocycles. The third-order valence-corrected chi connectivity index (χ3v) is 5.48. The average molecular weight is 466 g/mol. The minimum Gasteiger partial charge on any atom is -0.396 e. The normalized spacial score (nSPS) is 11.9. The van der Waals surface area contributed by atoms with Gasteiger partial charge in [0.15, 0.2) is 5.82 Å². The van der Waals surface area contributed by atoms with Crippen molar-refractivity contribution in [2.45, 2.75) is 19.4 Å². The van der Waals surface area contributed by atoms with Crippen LogP contribution in [0.15, 0.2) is 72.0 Å². The van der Waals surface area contributed by atoms with Crippen molar-refractivity contribution in [3.63, 3.8) is 0 Å². The van der Waals surface area contributed by atoms with Crippen LogP contribution in [0.1, 0.15) is 23.6 Å². The first kappa shape index (κ1) is 22.6. The Morgan fingerprint density at radius 3 is 2.67 bits per heavy atom. The molecule has 2 N–H and O–H groups in total. The molecule has 3 heterocycles. The summed E-state index contributed by atoms with van der Waals surface area (Å²) < 4.78 is 16.1. The molecule has 0 aliphatic carbocycles. The molecule has 33 heavy (non-hydrogen) atoms. The summed E-state index contributed by atoms with van der Waals surface area (Å²) in [5.41, 5.74) is 2.44. The van der Waals surface area contributed by atoms with E-state index in [1.54, 1.807) is 42.9 Å². The molecule has 1 aromatic carbocycles. The average Bonchev–Trinajstić information content (AvgIpc) is 2.81. The van der Waals surface area contributed by atoms with E-state index in [0.29, 0.717) is 17.0 Å². The van der Waals surface area contributed by atoms with Crippen molar-refractivity contribution in [1.29, 1.82) is 0 Å². The number of aliphatic hydroxyl groups is 1. The van der Waals surface area contributed by atoms with Crippen LogP contribution in [-0.2, 0) is 0 Å². The zero-order valence-electron chi connectivity index (χ0n) is 17.7. The second-order valence-corrected chi connectivity index (χ2v) is 7.88. The van der Waals surface area contributed by atoms with Gasteiger partial charge in [-0.3, -0.25) is 9.78 Å². The van der Waals surface area contributed by atoms with Gasteiger partial charge in [-0.05, 0) is 48.7 Å². The van der Waals surface area contributed by atoms with Crippen LogP contribution in [0.2, 0.25) is 5.02 Å². The monoisotopic (exact) mass is 465 g/mol. The molecule has 0 spiro atoms. The van der Waals surface area contributed by atoms with Crippen molar-refractivity contribution in [3.8, 4) is 11.3 Å². The zero-order valence-corrected chi connectivity index (χ0v) is 18.5. The van der Waals surface area contributed by atoms with Crippen LogP contribution in [0.4, 0.5) is 16.0 Å². The quantitative estimate of drug-likeness (QED) is 0.417. The van der Waals surface area contributed by atoms with Crippen molar-refractivity contribution in [2.24, 2.45) is 0 Å². The first-order valence-electron chi connectivity index (χ1n) is 10.3. The lowest BCUT2D eigenvalue weighted by Crippen LogP contribution is -2.25. The molecular weight excluding hydrogens is 445 g/mol. The summed E-state index contributed by atoms with van der Waals surface area (Å²) in [4.78, 5) is 25.3. The van der Waals surface area contributed by atoms with Gasteiger partial charge in [0.2, 0.25) is 5.95 Å². The van der Waals surface area contributed by atoms with Crippen molar-refractivity contribution < 1.29 is 9.50 Å². The maximum atomic E-state index is 14.6. The largest absolute Gasteiger partial charge is 0.396 e. The molecule has 0 radical (unpaired) electrons. The van der Waals surface area contributed by atoms with Crippen LogP contribution in [0.5, 0.6) is 0 Å². The lowest BCUT2D eigenvalue weighted by molar-refractivity contribution is 0.267. The fourth-order valence-corrected chi connectivity index (χ4v) is 3.66. The van der Waals surface area contributed by atoms with Crippen molar-refractivity contribution in [1.82, 2.24) is 19.5 Å². The Kier molecular flexibility index (Phi) is 6.76. The third-order valence-electron chi connectivity index (χ3n) is 5.23. The predicted molar refractivity (Wildman–Crippen MR) is 125 cm³/mol. The number of anilines is 2. The van der Waals surface area contributed by atoms with Gasteiger partial charge in [0.25, 0.3) is 5.56 Å². The van der Waals surface area contributed by atoms with Gasteiger partial charge >= 0.3 is 0 Å². The van der Waals surface area contributed by atoms with E-state index in [0.717, 1.165) is 23.0 Å².